The molecular weight excluding hydrogens is 388 g/mol. The maximum Gasteiger partial charge on any atom is 0.272 e. The van der Waals surface area contributed by atoms with E-state index in [1.165, 1.54) is 16.6 Å². The van der Waals surface area contributed by atoms with Crippen LogP contribution in [0.2, 0.25) is 0 Å². The van der Waals surface area contributed by atoms with Gasteiger partial charge < -0.3 is 9.88 Å². The van der Waals surface area contributed by atoms with Crippen molar-refractivity contribution in [3.63, 3.8) is 0 Å². The molecule has 0 aliphatic carbocycles. The van der Waals surface area contributed by atoms with Gasteiger partial charge in [0.15, 0.2) is 0 Å². The minimum Gasteiger partial charge on any atom is -0.345 e. The van der Waals surface area contributed by atoms with Gasteiger partial charge >= 0.3 is 0 Å². The Morgan fingerprint density at radius 1 is 1.10 bits per heavy atom. The summed E-state index contributed by atoms with van der Waals surface area (Å²) in [5, 5.41) is 3.81. The molecule has 3 aromatic rings. The van der Waals surface area contributed by atoms with Gasteiger partial charge in [-0.05, 0) is 38.0 Å². The molecule has 8 heteroatoms. The lowest BCUT2D eigenvalue weighted by molar-refractivity contribution is 0.101. The number of aryl methyl sites for hydroxylation is 2. The Kier molecular flexibility index (Phi) is 5.14. The Hall–Kier alpha value is -2.71. The van der Waals surface area contributed by atoms with Gasteiger partial charge in [0.1, 0.15) is 10.6 Å². The molecule has 0 radical (unpaired) electrons. The van der Waals surface area contributed by atoms with Crippen LogP contribution >= 0.6 is 0 Å². The molecule has 4 rings (SSSR count). The predicted octanol–water partition coefficient (Wildman–Crippen LogP) is 3.31. The first-order valence-corrected chi connectivity index (χ1v) is 11.1. The lowest BCUT2D eigenvalue weighted by Gasteiger charge is -2.25. The lowest BCUT2D eigenvalue weighted by Crippen LogP contribution is -2.35. The average Bonchev–Trinajstić information content (AvgIpc) is 3.12. The molecule has 3 heterocycles. The number of piperidine rings is 1. The van der Waals surface area contributed by atoms with E-state index in [0.29, 0.717) is 24.3 Å². The van der Waals surface area contributed by atoms with Crippen LogP contribution in [0.25, 0.3) is 10.9 Å². The molecule has 1 aliphatic rings. The van der Waals surface area contributed by atoms with Crippen LogP contribution in [0.4, 0.5) is 5.69 Å². The van der Waals surface area contributed by atoms with E-state index in [1.54, 1.807) is 17.7 Å². The zero-order valence-electron chi connectivity index (χ0n) is 16.6. The molecule has 0 bridgehead atoms. The summed E-state index contributed by atoms with van der Waals surface area (Å²) in [6.45, 7) is 2.95. The number of benzene rings is 1. The van der Waals surface area contributed by atoms with Crippen molar-refractivity contribution in [2.24, 2.45) is 7.05 Å². The van der Waals surface area contributed by atoms with Gasteiger partial charge in [-0.3, -0.25) is 9.78 Å². The fraction of sp³-hybridized carbons (Fsp3) is 0.333. The van der Waals surface area contributed by atoms with Crippen molar-refractivity contribution in [1.29, 1.82) is 0 Å². The van der Waals surface area contributed by atoms with Crippen molar-refractivity contribution >= 4 is 32.5 Å². The van der Waals surface area contributed by atoms with Gasteiger partial charge in [0.2, 0.25) is 10.0 Å². The van der Waals surface area contributed by atoms with E-state index in [-0.39, 0.29) is 16.5 Å². The molecule has 2 aromatic heterocycles. The van der Waals surface area contributed by atoms with Crippen molar-refractivity contribution in [2.45, 2.75) is 31.1 Å². The number of carbonyl (C=O) groups is 1. The van der Waals surface area contributed by atoms with Crippen LogP contribution in [-0.4, -0.2) is 41.3 Å². The Morgan fingerprint density at radius 2 is 1.86 bits per heavy atom. The number of pyridine rings is 1. The largest absolute Gasteiger partial charge is 0.345 e. The quantitative estimate of drug-likeness (QED) is 0.713. The Balaban J connectivity index is 1.63. The minimum atomic E-state index is -3.59. The minimum absolute atomic E-state index is 0.152. The van der Waals surface area contributed by atoms with Crippen LogP contribution in [-0.2, 0) is 17.1 Å². The topological polar surface area (TPSA) is 84.3 Å². The van der Waals surface area contributed by atoms with E-state index in [1.807, 2.05) is 31.2 Å². The van der Waals surface area contributed by atoms with Crippen molar-refractivity contribution in [3.05, 3.63) is 54.0 Å². The number of nitrogens with zero attached hydrogens (tertiary/aromatic N) is 3. The zero-order chi connectivity index (χ0) is 20.6. The highest BCUT2D eigenvalue weighted by molar-refractivity contribution is 7.89. The van der Waals surface area contributed by atoms with Gasteiger partial charge in [0.05, 0.1) is 11.2 Å². The number of rotatable bonds is 4. The van der Waals surface area contributed by atoms with Gasteiger partial charge in [-0.25, -0.2) is 8.42 Å². The van der Waals surface area contributed by atoms with Crippen LogP contribution in [0, 0.1) is 6.92 Å². The smallest absolute Gasteiger partial charge is 0.272 e. The highest BCUT2D eigenvalue weighted by Gasteiger charge is 2.28. The maximum atomic E-state index is 12.9. The van der Waals surface area contributed by atoms with Gasteiger partial charge in [-0.15, -0.1) is 0 Å². The number of para-hydroxylation sites is 1. The van der Waals surface area contributed by atoms with E-state index < -0.39 is 10.0 Å². The number of hydrogen-bond donors (Lipinski definition) is 1. The first-order valence-electron chi connectivity index (χ1n) is 9.70. The third-order valence-electron chi connectivity index (χ3n) is 5.27. The maximum absolute atomic E-state index is 12.9. The fourth-order valence-electron chi connectivity index (χ4n) is 3.69. The molecule has 1 aromatic carbocycles. The molecule has 29 heavy (non-hydrogen) atoms. The Bertz CT molecular complexity index is 1180. The standard InChI is InChI=1S/C21H24N4O3S/c1-15-9-10-16-7-6-8-18(20(16)22-15)23-21(26)19-13-17(14-24(19)2)29(27,28)25-11-4-3-5-12-25/h6-10,13-14H,3-5,11-12H2,1-2H3,(H,23,26). The van der Waals surface area contributed by atoms with E-state index in [4.69, 9.17) is 0 Å². The second-order valence-electron chi connectivity index (χ2n) is 7.42. The second-order valence-corrected chi connectivity index (χ2v) is 9.36. The molecular formula is C21H24N4O3S. The molecule has 1 saturated heterocycles. The second kappa shape index (κ2) is 7.61. The van der Waals surface area contributed by atoms with Crippen LogP contribution in [0.15, 0.2) is 47.5 Å². The molecule has 1 N–H and O–H groups in total. The highest BCUT2D eigenvalue weighted by Crippen LogP contribution is 2.25. The number of sulfonamides is 1. The average molecular weight is 413 g/mol. The molecule has 0 unspecified atom stereocenters. The lowest BCUT2D eigenvalue weighted by atomic mass is 10.1. The third kappa shape index (κ3) is 3.77. The van der Waals surface area contributed by atoms with Gasteiger partial charge in [0, 0.05) is 37.4 Å². The molecule has 0 atom stereocenters. The monoisotopic (exact) mass is 412 g/mol. The van der Waals surface area contributed by atoms with Crippen molar-refractivity contribution < 1.29 is 13.2 Å². The summed E-state index contributed by atoms with van der Waals surface area (Å²) in [6, 6.07) is 10.9. The van der Waals surface area contributed by atoms with Crippen LogP contribution in [0.3, 0.4) is 0 Å². The predicted molar refractivity (Wildman–Crippen MR) is 112 cm³/mol. The highest BCUT2D eigenvalue weighted by atomic mass is 32.2. The zero-order valence-corrected chi connectivity index (χ0v) is 17.4. The summed E-state index contributed by atoms with van der Waals surface area (Å²) in [5.41, 5.74) is 2.44. The first-order chi connectivity index (χ1) is 13.9. The summed E-state index contributed by atoms with van der Waals surface area (Å²) >= 11 is 0. The Labute approximate surface area is 170 Å². The molecule has 0 spiro atoms. The first kappa shape index (κ1) is 19.6. The van der Waals surface area contributed by atoms with E-state index in [9.17, 15) is 13.2 Å². The van der Waals surface area contributed by atoms with Crippen molar-refractivity contribution in [1.82, 2.24) is 13.9 Å². The number of hydrogen-bond acceptors (Lipinski definition) is 4. The van der Waals surface area contributed by atoms with E-state index in [0.717, 1.165) is 30.3 Å². The SMILES string of the molecule is Cc1ccc2cccc(NC(=O)c3cc(S(=O)(=O)N4CCCCC4)cn3C)c2n1. The van der Waals surface area contributed by atoms with Gasteiger partial charge in [-0.2, -0.15) is 4.31 Å². The van der Waals surface area contributed by atoms with Crippen LogP contribution in [0.1, 0.15) is 35.4 Å². The van der Waals surface area contributed by atoms with E-state index >= 15 is 0 Å². The molecule has 1 amide bonds. The number of aromatic nitrogens is 2. The summed E-state index contributed by atoms with van der Waals surface area (Å²) in [6.07, 6.45) is 4.29. The number of amides is 1. The van der Waals surface area contributed by atoms with Crippen LogP contribution < -0.4 is 5.32 Å². The fourth-order valence-corrected chi connectivity index (χ4v) is 5.28. The van der Waals surface area contributed by atoms with Crippen molar-refractivity contribution in [2.75, 3.05) is 18.4 Å². The summed E-state index contributed by atoms with van der Waals surface area (Å²) < 4.78 is 28.9. The van der Waals surface area contributed by atoms with Gasteiger partial charge in [0.25, 0.3) is 5.91 Å². The molecule has 152 valence electrons. The summed E-state index contributed by atoms with van der Waals surface area (Å²) in [4.78, 5) is 17.6. The number of fused-ring (bicyclic) bond motifs is 1. The molecule has 1 fully saturated rings. The Morgan fingerprint density at radius 3 is 2.62 bits per heavy atom. The van der Waals surface area contributed by atoms with Crippen molar-refractivity contribution in [3.8, 4) is 0 Å². The normalized spacial score (nSPS) is 15.5. The third-order valence-corrected chi connectivity index (χ3v) is 7.14. The molecule has 1 aliphatic heterocycles. The molecule has 0 saturated carbocycles. The van der Waals surface area contributed by atoms with E-state index in [2.05, 4.69) is 10.3 Å². The summed E-state index contributed by atoms with van der Waals surface area (Å²) in [5.74, 6) is -0.372. The van der Waals surface area contributed by atoms with Gasteiger partial charge in [-0.1, -0.05) is 24.6 Å². The number of carbonyl (C=O) groups excluding carboxylic acids is 1. The summed E-state index contributed by atoms with van der Waals surface area (Å²) in [7, 11) is -1.91. The van der Waals surface area contributed by atoms with Crippen LogP contribution in [0.5, 0.6) is 0 Å². The number of nitrogens with one attached hydrogen (secondary N) is 1. The number of anilines is 1. The molecule has 7 nitrogen and oxygen atoms in total.